The Morgan fingerprint density at radius 3 is 2.62 bits per heavy atom. The van der Waals surface area contributed by atoms with Gasteiger partial charge in [-0.3, -0.25) is 0 Å². The molecule has 0 fully saturated rings. The van der Waals surface area contributed by atoms with Gasteiger partial charge in [0.15, 0.2) is 0 Å². The highest BCUT2D eigenvalue weighted by Gasteiger charge is 2.18. The molecule has 0 aliphatic heterocycles. The first-order valence-corrected chi connectivity index (χ1v) is 7.27. The van der Waals surface area contributed by atoms with E-state index < -0.39 is 5.82 Å². The van der Waals surface area contributed by atoms with E-state index in [1.807, 2.05) is 32.0 Å². The van der Waals surface area contributed by atoms with E-state index >= 15 is 0 Å². The zero-order chi connectivity index (χ0) is 15.4. The Labute approximate surface area is 129 Å². The number of ether oxygens (including phenoxy) is 1. The predicted octanol–water partition coefficient (Wildman–Crippen LogP) is 4.50. The van der Waals surface area contributed by atoms with Gasteiger partial charge in [0.2, 0.25) is 0 Å². The van der Waals surface area contributed by atoms with Gasteiger partial charge in [-0.25, -0.2) is 4.39 Å². The molecule has 2 rings (SSSR count). The first kappa shape index (κ1) is 15.8. The van der Waals surface area contributed by atoms with Crippen molar-refractivity contribution in [1.29, 1.82) is 0 Å². The molecule has 0 amide bonds. The number of rotatable bonds is 5. The van der Waals surface area contributed by atoms with Crippen molar-refractivity contribution in [2.24, 2.45) is 0 Å². The Balaban J connectivity index is 2.52. The molecule has 1 atom stereocenters. The lowest BCUT2D eigenvalue weighted by molar-refractivity contribution is 0.404. The molecule has 2 aromatic carbocycles. The maximum atomic E-state index is 13.8. The molecule has 0 saturated heterocycles. The Hall–Kier alpha value is -1.58. The van der Waals surface area contributed by atoms with E-state index in [-0.39, 0.29) is 11.1 Å². The number of aryl methyl sites for hydroxylation is 1. The Morgan fingerprint density at radius 2 is 2.00 bits per heavy atom. The summed E-state index contributed by atoms with van der Waals surface area (Å²) in [5.41, 5.74) is 2.94. The fourth-order valence-electron chi connectivity index (χ4n) is 2.38. The third kappa shape index (κ3) is 3.55. The first-order chi connectivity index (χ1) is 10.1. The lowest BCUT2D eigenvalue weighted by Crippen LogP contribution is -2.22. The van der Waals surface area contributed by atoms with Crippen LogP contribution in [-0.4, -0.2) is 13.7 Å². The minimum absolute atomic E-state index is 0.130. The van der Waals surface area contributed by atoms with Gasteiger partial charge in [0, 0.05) is 5.56 Å². The summed E-state index contributed by atoms with van der Waals surface area (Å²) >= 11 is 5.77. The van der Waals surface area contributed by atoms with Crippen LogP contribution < -0.4 is 10.1 Å². The fraction of sp³-hybridized carbons (Fsp3) is 0.294. The lowest BCUT2D eigenvalue weighted by Gasteiger charge is -2.22. The quantitative estimate of drug-likeness (QED) is 0.878. The summed E-state index contributed by atoms with van der Waals surface area (Å²) in [6.45, 7) is 4.79. The van der Waals surface area contributed by atoms with E-state index in [2.05, 4.69) is 11.4 Å². The SMILES string of the molecule is CCNC(c1ccc(Cl)c(F)c1)c1cc(C)ccc1OC. The summed E-state index contributed by atoms with van der Waals surface area (Å²) in [7, 11) is 1.64. The number of benzene rings is 2. The average molecular weight is 308 g/mol. The highest BCUT2D eigenvalue weighted by Crippen LogP contribution is 2.32. The molecule has 0 radical (unpaired) electrons. The van der Waals surface area contributed by atoms with Crippen LogP contribution in [0.2, 0.25) is 5.02 Å². The zero-order valence-electron chi connectivity index (χ0n) is 12.4. The van der Waals surface area contributed by atoms with Crippen LogP contribution >= 0.6 is 11.6 Å². The summed E-state index contributed by atoms with van der Waals surface area (Å²) < 4.78 is 19.2. The van der Waals surface area contributed by atoms with E-state index in [1.165, 1.54) is 6.07 Å². The highest BCUT2D eigenvalue weighted by atomic mass is 35.5. The van der Waals surface area contributed by atoms with E-state index in [1.54, 1.807) is 13.2 Å². The first-order valence-electron chi connectivity index (χ1n) is 6.89. The second-order valence-corrected chi connectivity index (χ2v) is 5.32. The number of methoxy groups -OCH3 is 1. The van der Waals surface area contributed by atoms with E-state index in [9.17, 15) is 4.39 Å². The molecule has 1 N–H and O–H groups in total. The van der Waals surface area contributed by atoms with Gasteiger partial charge in [0.1, 0.15) is 11.6 Å². The van der Waals surface area contributed by atoms with E-state index in [4.69, 9.17) is 16.3 Å². The normalized spacial score (nSPS) is 12.2. The van der Waals surface area contributed by atoms with Gasteiger partial charge in [0.05, 0.1) is 18.2 Å². The van der Waals surface area contributed by atoms with Crippen LogP contribution in [0.3, 0.4) is 0 Å². The van der Waals surface area contributed by atoms with Gasteiger partial charge >= 0.3 is 0 Å². The average Bonchev–Trinajstić information content (AvgIpc) is 2.48. The third-order valence-electron chi connectivity index (χ3n) is 3.38. The number of halogens is 2. The molecule has 112 valence electrons. The fourth-order valence-corrected chi connectivity index (χ4v) is 2.50. The van der Waals surface area contributed by atoms with Gasteiger partial charge in [0.25, 0.3) is 0 Å². The molecule has 0 aliphatic rings. The van der Waals surface area contributed by atoms with Crippen molar-refractivity contribution in [2.45, 2.75) is 19.9 Å². The molecular weight excluding hydrogens is 289 g/mol. The molecule has 0 saturated carbocycles. The third-order valence-corrected chi connectivity index (χ3v) is 3.69. The van der Waals surface area contributed by atoms with Gasteiger partial charge in [-0.15, -0.1) is 0 Å². The molecule has 0 bridgehead atoms. The van der Waals surface area contributed by atoms with Gasteiger partial charge < -0.3 is 10.1 Å². The van der Waals surface area contributed by atoms with Crippen molar-refractivity contribution in [1.82, 2.24) is 5.32 Å². The van der Waals surface area contributed by atoms with Crippen molar-refractivity contribution in [3.8, 4) is 5.75 Å². The standard InChI is InChI=1S/C17H19ClFNO/c1-4-20-17(12-6-7-14(18)15(19)10-12)13-9-11(2)5-8-16(13)21-3/h5-10,17,20H,4H2,1-3H3. The molecule has 1 unspecified atom stereocenters. The van der Waals surface area contributed by atoms with Crippen molar-refractivity contribution >= 4 is 11.6 Å². The maximum absolute atomic E-state index is 13.8. The van der Waals surface area contributed by atoms with Crippen molar-refractivity contribution in [3.05, 3.63) is 63.9 Å². The van der Waals surface area contributed by atoms with E-state index in [0.717, 1.165) is 29.0 Å². The molecule has 0 heterocycles. The summed E-state index contributed by atoms with van der Waals surface area (Å²) in [6, 6.07) is 10.7. The molecule has 2 nitrogen and oxygen atoms in total. The number of hydrogen-bond acceptors (Lipinski definition) is 2. The maximum Gasteiger partial charge on any atom is 0.142 e. The number of hydrogen-bond donors (Lipinski definition) is 1. The van der Waals surface area contributed by atoms with Gasteiger partial charge in [-0.2, -0.15) is 0 Å². The van der Waals surface area contributed by atoms with Crippen molar-refractivity contribution in [2.75, 3.05) is 13.7 Å². The molecule has 0 aromatic heterocycles. The second-order valence-electron chi connectivity index (χ2n) is 4.91. The summed E-state index contributed by atoms with van der Waals surface area (Å²) in [5.74, 6) is 0.366. The molecule has 0 spiro atoms. The van der Waals surface area contributed by atoms with Crippen molar-refractivity contribution in [3.63, 3.8) is 0 Å². The molecule has 4 heteroatoms. The van der Waals surface area contributed by atoms with E-state index in [0.29, 0.717) is 0 Å². The van der Waals surface area contributed by atoms with Crippen LogP contribution in [0.4, 0.5) is 4.39 Å². The highest BCUT2D eigenvalue weighted by molar-refractivity contribution is 6.30. The minimum Gasteiger partial charge on any atom is -0.496 e. The molecule has 2 aromatic rings. The smallest absolute Gasteiger partial charge is 0.142 e. The summed E-state index contributed by atoms with van der Waals surface area (Å²) in [5, 5.41) is 3.50. The second kappa shape index (κ2) is 6.92. The Kier molecular flexibility index (Phi) is 5.21. The predicted molar refractivity (Wildman–Crippen MR) is 84.7 cm³/mol. The monoisotopic (exact) mass is 307 g/mol. The van der Waals surface area contributed by atoms with Crippen molar-refractivity contribution < 1.29 is 9.13 Å². The molecular formula is C17H19ClFNO. The van der Waals surface area contributed by atoms with Crippen LogP contribution in [0.15, 0.2) is 36.4 Å². The van der Waals surface area contributed by atoms with Crippen LogP contribution in [0.1, 0.15) is 29.7 Å². The minimum atomic E-state index is -0.413. The Morgan fingerprint density at radius 1 is 1.24 bits per heavy atom. The number of nitrogens with one attached hydrogen (secondary N) is 1. The summed E-state index contributed by atoms with van der Waals surface area (Å²) in [4.78, 5) is 0. The van der Waals surface area contributed by atoms with Crippen LogP contribution in [0, 0.1) is 12.7 Å². The van der Waals surface area contributed by atoms with Gasteiger partial charge in [-0.1, -0.05) is 42.3 Å². The van der Waals surface area contributed by atoms with Gasteiger partial charge in [-0.05, 0) is 37.2 Å². The Bertz CT molecular complexity index is 630. The molecule has 0 aliphatic carbocycles. The van der Waals surface area contributed by atoms with Crippen LogP contribution in [0.25, 0.3) is 0 Å². The summed E-state index contributed by atoms with van der Waals surface area (Å²) in [6.07, 6.45) is 0. The van der Waals surface area contributed by atoms with Crippen LogP contribution in [0.5, 0.6) is 5.75 Å². The van der Waals surface area contributed by atoms with Crippen LogP contribution in [-0.2, 0) is 0 Å². The topological polar surface area (TPSA) is 21.3 Å². The largest absolute Gasteiger partial charge is 0.496 e. The molecule has 21 heavy (non-hydrogen) atoms. The zero-order valence-corrected chi connectivity index (χ0v) is 13.2. The lowest BCUT2D eigenvalue weighted by atomic mass is 9.96.